The van der Waals surface area contributed by atoms with Gasteiger partial charge in [-0.1, -0.05) is 18.2 Å². The normalized spacial score (nSPS) is 30.5. The summed E-state index contributed by atoms with van der Waals surface area (Å²) in [5.74, 6) is 0.819. The van der Waals surface area contributed by atoms with Crippen molar-refractivity contribution in [1.29, 1.82) is 0 Å². The van der Waals surface area contributed by atoms with E-state index in [1.54, 1.807) is 0 Å². The zero-order chi connectivity index (χ0) is 7.52. The molecule has 0 saturated carbocycles. The van der Waals surface area contributed by atoms with Gasteiger partial charge in [-0.3, -0.25) is 4.72 Å². The Hall–Kier alpha value is -0.210. The van der Waals surface area contributed by atoms with E-state index in [-0.39, 0.29) is 0 Å². The number of allylic oxidation sites excluding steroid dienone is 4. The summed E-state index contributed by atoms with van der Waals surface area (Å²) in [7, 11) is 0. The highest BCUT2D eigenvalue weighted by molar-refractivity contribution is 8.01. The highest BCUT2D eigenvalue weighted by Gasteiger charge is 2.17. The number of rotatable bonds is 0. The standard InChI is InChI=1S/C9H13NS/c1-2-6-9-8(4-1)5-3-7-10-11-9/h1-2,6,8,10H,3-5,7H2. The molecule has 60 valence electrons. The van der Waals surface area contributed by atoms with E-state index < -0.39 is 0 Å². The molecule has 2 aliphatic rings. The number of nitrogens with one attached hydrogen (secondary N) is 1. The molecule has 1 nitrogen and oxygen atoms in total. The molecule has 2 rings (SSSR count). The van der Waals surface area contributed by atoms with E-state index in [4.69, 9.17) is 0 Å². The Kier molecular flexibility index (Phi) is 2.34. The molecule has 0 aromatic rings. The van der Waals surface area contributed by atoms with Crippen LogP contribution in [0.15, 0.2) is 23.1 Å². The average Bonchev–Trinajstić information content (AvgIpc) is 2.28. The second-order valence-electron chi connectivity index (χ2n) is 3.07. The van der Waals surface area contributed by atoms with E-state index in [2.05, 4.69) is 23.0 Å². The smallest absolute Gasteiger partial charge is 0.00619 e. The largest absolute Gasteiger partial charge is 0.260 e. The Morgan fingerprint density at radius 3 is 3.55 bits per heavy atom. The van der Waals surface area contributed by atoms with Gasteiger partial charge in [0.2, 0.25) is 0 Å². The molecule has 0 radical (unpaired) electrons. The molecule has 1 N–H and O–H groups in total. The predicted octanol–water partition coefficient (Wildman–Crippen LogP) is 2.48. The Morgan fingerprint density at radius 2 is 2.55 bits per heavy atom. The van der Waals surface area contributed by atoms with Gasteiger partial charge in [0.15, 0.2) is 0 Å². The molecule has 1 unspecified atom stereocenters. The molecule has 1 aliphatic heterocycles. The average molecular weight is 167 g/mol. The van der Waals surface area contributed by atoms with Crippen LogP contribution in [-0.2, 0) is 0 Å². The van der Waals surface area contributed by atoms with Crippen molar-refractivity contribution in [2.24, 2.45) is 5.92 Å². The zero-order valence-corrected chi connectivity index (χ0v) is 7.36. The van der Waals surface area contributed by atoms with E-state index in [1.165, 1.54) is 30.7 Å². The van der Waals surface area contributed by atoms with Crippen LogP contribution in [-0.4, -0.2) is 6.54 Å². The summed E-state index contributed by atoms with van der Waals surface area (Å²) in [5, 5.41) is 0. The topological polar surface area (TPSA) is 12.0 Å². The molecule has 2 heteroatoms. The van der Waals surface area contributed by atoms with Crippen LogP contribution in [0.1, 0.15) is 19.3 Å². The minimum Gasteiger partial charge on any atom is -0.260 e. The Labute approximate surface area is 72.1 Å². The lowest BCUT2D eigenvalue weighted by Crippen LogP contribution is -2.02. The minimum absolute atomic E-state index is 0.819. The summed E-state index contributed by atoms with van der Waals surface area (Å²) in [6.07, 6.45) is 10.6. The highest BCUT2D eigenvalue weighted by Crippen LogP contribution is 2.33. The molecule has 0 spiro atoms. The first kappa shape index (κ1) is 7.44. The lowest BCUT2D eigenvalue weighted by molar-refractivity contribution is 0.566. The van der Waals surface area contributed by atoms with Crippen molar-refractivity contribution in [2.75, 3.05) is 6.54 Å². The van der Waals surface area contributed by atoms with Crippen molar-refractivity contribution in [3.63, 3.8) is 0 Å². The summed E-state index contributed by atoms with van der Waals surface area (Å²) in [6.45, 7) is 1.17. The van der Waals surface area contributed by atoms with E-state index in [9.17, 15) is 0 Å². The molecular weight excluding hydrogens is 154 g/mol. The first-order valence-electron chi connectivity index (χ1n) is 4.23. The minimum atomic E-state index is 0.819. The van der Waals surface area contributed by atoms with E-state index in [0.29, 0.717) is 0 Å². The third-order valence-corrected chi connectivity index (χ3v) is 3.29. The molecular formula is C9H13NS. The van der Waals surface area contributed by atoms with Crippen molar-refractivity contribution in [1.82, 2.24) is 4.72 Å². The summed E-state index contributed by atoms with van der Waals surface area (Å²) < 4.78 is 3.36. The fraction of sp³-hybridized carbons (Fsp3) is 0.556. The van der Waals surface area contributed by atoms with E-state index in [0.717, 1.165) is 5.92 Å². The Morgan fingerprint density at radius 1 is 1.55 bits per heavy atom. The summed E-state index contributed by atoms with van der Waals surface area (Å²) in [6, 6.07) is 0. The molecule has 11 heavy (non-hydrogen) atoms. The first-order valence-corrected chi connectivity index (χ1v) is 5.05. The summed E-state index contributed by atoms with van der Waals surface area (Å²) in [5.41, 5.74) is 0. The SMILES string of the molecule is C1=CCC2CCCNSC2=C1. The van der Waals surface area contributed by atoms with Crippen LogP contribution in [0.4, 0.5) is 0 Å². The maximum Gasteiger partial charge on any atom is 0.00619 e. The third-order valence-electron chi connectivity index (χ3n) is 2.24. The van der Waals surface area contributed by atoms with Gasteiger partial charge in [0.25, 0.3) is 0 Å². The van der Waals surface area contributed by atoms with Crippen LogP contribution in [0.2, 0.25) is 0 Å². The molecule has 1 fully saturated rings. The molecule has 0 aromatic carbocycles. The number of hydrogen-bond donors (Lipinski definition) is 1. The van der Waals surface area contributed by atoms with Crippen LogP contribution < -0.4 is 4.72 Å². The van der Waals surface area contributed by atoms with Gasteiger partial charge in [-0.15, -0.1) is 0 Å². The second-order valence-corrected chi connectivity index (χ2v) is 4.03. The van der Waals surface area contributed by atoms with Gasteiger partial charge >= 0.3 is 0 Å². The molecule has 1 aliphatic carbocycles. The van der Waals surface area contributed by atoms with E-state index in [1.807, 2.05) is 11.9 Å². The van der Waals surface area contributed by atoms with Crippen molar-refractivity contribution >= 4 is 11.9 Å². The highest BCUT2D eigenvalue weighted by atomic mass is 32.2. The van der Waals surface area contributed by atoms with Gasteiger partial charge in [0.1, 0.15) is 0 Å². The van der Waals surface area contributed by atoms with Gasteiger partial charge in [-0.25, -0.2) is 0 Å². The molecule has 1 saturated heterocycles. The molecule has 0 aromatic heterocycles. The van der Waals surface area contributed by atoms with Crippen LogP contribution >= 0.6 is 11.9 Å². The van der Waals surface area contributed by atoms with Crippen molar-refractivity contribution in [2.45, 2.75) is 19.3 Å². The van der Waals surface area contributed by atoms with Gasteiger partial charge in [-0.05, 0) is 37.1 Å². The van der Waals surface area contributed by atoms with Crippen LogP contribution in [0.3, 0.4) is 0 Å². The molecule has 0 amide bonds. The Balaban J connectivity index is 2.11. The fourth-order valence-electron chi connectivity index (χ4n) is 1.59. The summed E-state index contributed by atoms with van der Waals surface area (Å²) >= 11 is 1.83. The quantitative estimate of drug-likeness (QED) is 0.556. The lowest BCUT2D eigenvalue weighted by Gasteiger charge is -2.16. The fourth-order valence-corrected chi connectivity index (χ4v) is 2.53. The zero-order valence-electron chi connectivity index (χ0n) is 6.55. The predicted molar refractivity (Wildman–Crippen MR) is 50.2 cm³/mol. The van der Waals surface area contributed by atoms with Crippen LogP contribution in [0, 0.1) is 5.92 Å². The van der Waals surface area contributed by atoms with Crippen molar-refractivity contribution in [3.8, 4) is 0 Å². The second kappa shape index (κ2) is 3.46. The van der Waals surface area contributed by atoms with Crippen LogP contribution in [0.25, 0.3) is 0 Å². The molecule has 0 bridgehead atoms. The third kappa shape index (κ3) is 1.68. The maximum absolute atomic E-state index is 3.36. The Bertz CT molecular complexity index is 196. The number of hydrogen-bond acceptors (Lipinski definition) is 2. The maximum atomic E-state index is 3.36. The van der Waals surface area contributed by atoms with Gasteiger partial charge in [0, 0.05) is 11.4 Å². The first-order chi connectivity index (χ1) is 5.47. The van der Waals surface area contributed by atoms with E-state index >= 15 is 0 Å². The summed E-state index contributed by atoms with van der Waals surface area (Å²) in [4.78, 5) is 1.53. The van der Waals surface area contributed by atoms with Gasteiger partial charge < -0.3 is 0 Å². The monoisotopic (exact) mass is 167 g/mol. The van der Waals surface area contributed by atoms with Crippen LogP contribution in [0.5, 0.6) is 0 Å². The molecule has 1 atom stereocenters. The molecule has 1 heterocycles. The van der Waals surface area contributed by atoms with Crippen molar-refractivity contribution in [3.05, 3.63) is 23.1 Å². The van der Waals surface area contributed by atoms with Crippen molar-refractivity contribution < 1.29 is 0 Å². The number of fused-ring (bicyclic) bond motifs is 1. The lowest BCUT2D eigenvalue weighted by atomic mass is 9.95. The van der Waals surface area contributed by atoms with Gasteiger partial charge in [-0.2, -0.15) is 0 Å². The van der Waals surface area contributed by atoms with Gasteiger partial charge in [0.05, 0.1) is 0 Å².